The SMILES string of the molecule is CC(C)(C)n1c(CCc2cccnc2)nnc1S(N)(=O)=O. The van der Waals surface area contributed by atoms with Gasteiger partial charge >= 0.3 is 0 Å². The molecular formula is C13H19N5O2S. The van der Waals surface area contributed by atoms with Crippen LogP contribution in [0.15, 0.2) is 29.7 Å². The van der Waals surface area contributed by atoms with Gasteiger partial charge in [-0.2, -0.15) is 0 Å². The van der Waals surface area contributed by atoms with E-state index in [-0.39, 0.29) is 5.16 Å². The summed E-state index contributed by atoms with van der Waals surface area (Å²) in [5, 5.41) is 12.8. The van der Waals surface area contributed by atoms with Gasteiger partial charge in [0.2, 0.25) is 0 Å². The average Bonchev–Trinajstić information content (AvgIpc) is 2.81. The molecule has 0 saturated carbocycles. The van der Waals surface area contributed by atoms with Crippen LogP contribution in [0.3, 0.4) is 0 Å². The van der Waals surface area contributed by atoms with E-state index in [1.54, 1.807) is 17.0 Å². The fourth-order valence-corrected chi connectivity index (χ4v) is 2.91. The lowest BCUT2D eigenvalue weighted by Gasteiger charge is -2.24. The van der Waals surface area contributed by atoms with Crippen molar-refractivity contribution in [1.82, 2.24) is 19.7 Å². The van der Waals surface area contributed by atoms with Gasteiger partial charge in [0.25, 0.3) is 15.2 Å². The van der Waals surface area contributed by atoms with E-state index in [2.05, 4.69) is 15.2 Å². The van der Waals surface area contributed by atoms with Crippen LogP contribution in [-0.2, 0) is 28.4 Å². The largest absolute Gasteiger partial charge is 0.295 e. The van der Waals surface area contributed by atoms with Crippen molar-refractivity contribution in [3.05, 3.63) is 35.9 Å². The second-order valence-electron chi connectivity index (χ2n) is 5.81. The van der Waals surface area contributed by atoms with Crippen LogP contribution in [0.25, 0.3) is 0 Å². The number of sulfonamides is 1. The molecule has 0 aliphatic rings. The van der Waals surface area contributed by atoms with Crippen LogP contribution in [0.4, 0.5) is 0 Å². The van der Waals surface area contributed by atoms with Crippen molar-refractivity contribution in [2.45, 2.75) is 44.3 Å². The summed E-state index contributed by atoms with van der Waals surface area (Å²) in [7, 11) is -3.90. The summed E-state index contributed by atoms with van der Waals surface area (Å²) in [6, 6.07) is 3.82. The summed E-state index contributed by atoms with van der Waals surface area (Å²) in [4.78, 5) is 4.05. The third-order valence-corrected chi connectivity index (χ3v) is 3.76. The number of aryl methyl sites for hydroxylation is 2. The van der Waals surface area contributed by atoms with E-state index in [4.69, 9.17) is 5.14 Å². The van der Waals surface area contributed by atoms with Gasteiger partial charge in [-0.15, -0.1) is 10.2 Å². The zero-order chi connectivity index (χ0) is 15.7. The molecule has 2 rings (SSSR count). The Labute approximate surface area is 124 Å². The molecule has 114 valence electrons. The number of pyridine rings is 1. The molecule has 0 amide bonds. The Morgan fingerprint density at radius 1 is 1.24 bits per heavy atom. The van der Waals surface area contributed by atoms with E-state index in [0.29, 0.717) is 18.7 Å². The predicted molar refractivity (Wildman–Crippen MR) is 78.0 cm³/mol. The van der Waals surface area contributed by atoms with Crippen molar-refractivity contribution in [2.75, 3.05) is 0 Å². The van der Waals surface area contributed by atoms with E-state index in [0.717, 1.165) is 5.56 Å². The normalized spacial score (nSPS) is 12.6. The molecular weight excluding hydrogens is 290 g/mol. The van der Waals surface area contributed by atoms with Gasteiger partial charge in [-0.25, -0.2) is 13.6 Å². The molecule has 2 heterocycles. The minimum Gasteiger partial charge on any atom is -0.295 e. The number of rotatable bonds is 4. The average molecular weight is 309 g/mol. The number of nitrogens with two attached hydrogens (primary N) is 1. The minimum absolute atomic E-state index is 0.198. The van der Waals surface area contributed by atoms with E-state index < -0.39 is 15.6 Å². The highest BCUT2D eigenvalue weighted by molar-refractivity contribution is 7.89. The van der Waals surface area contributed by atoms with Gasteiger partial charge in [0.15, 0.2) is 0 Å². The highest BCUT2D eigenvalue weighted by atomic mass is 32.2. The maximum Gasteiger partial charge on any atom is 0.273 e. The molecule has 0 radical (unpaired) electrons. The van der Waals surface area contributed by atoms with E-state index >= 15 is 0 Å². The van der Waals surface area contributed by atoms with Crippen molar-refractivity contribution in [2.24, 2.45) is 5.14 Å². The molecule has 0 unspecified atom stereocenters. The first-order valence-electron chi connectivity index (χ1n) is 6.56. The Morgan fingerprint density at radius 2 is 1.95 bits per heavy atom. The van der Waals surface area contributed by atoms with Crippen molar-refractivity contribution in [3.63, 3.8) is 0 Å². The van der Waals surface area contributed by atoms with E-state index in [9.17, 15) is 8.42 Å². The molecule has 7 nitrogen and oxygen atoms in total. The van der Waals surface area contributed by atoms with Crippen LogP contribution in [0.5, 0.6) is 0 Å². The monoisotopic (exact) mass is 309 g/mol. The molecule has 8 heteroatoms. The van der Waals surface area contributed by atoms with Crippen LogP contribution in [0, 0.1) is 0 Å². The third-order valence-electron chi connectivity index (χ3n) is 2.99. The van der Waals surface area contributed by atoms with E-state index in [1.807, 2.05) is 32.9 Å². The summed E-state index contributed by atoms with van der Waals surface area (Å²) in [6.45, 7) is 5.66. The quantitative estimate of drug-likeness (QED) is 0.902. The Hall–Kier alpha value is -1.80. The third kappa shape index (κ3) is 3.64. The molecule has 0 aromatic carbocycles. The summed E-state index contributed by atoms with van der Waals surface area (Å²) in [6.07, 6.45) is 4.75. The number of hydrogen-bond acceptors (Lipinski definition) is 5. The summed E-state index contributed by atoms with van der Waals surface area (Å²) in [5.41, 5.74) is 0.577. The highest BCUT2D eigenvalue weighted by Crippen LogP contribution is 2.21. The molecule has 0 spiro atoms. The van der Waals surface area contributed by atoms with Crippen LogP contribution in [0.1, 0.15) is 32.2 Å². The van der Waals surface area contributed by atoms with Crippen molar-refractivity contribution >= 4 is 10.0 Å². The topological polar surface area (TPSA) is 104 Å². The summed E-state index contributed by atoms with van der Waals surface area (Å²) >= 11 is 0. The first kappa shape index (κ1) is 15.6. The molecule has 2 aromatic rings. The van der Waals surface area contributed by atoms with Gasteiger partial charge in [0.1, 0.15) is 5.82 Å². The fourth-order valence-electron chi connectivity index (χ4n) is 2.12. The molecule has 0 aliphatic carbocycles. The number of primary sulfonamides is 1. The molecule has 0 saturated heterocycles. The van der Waals surface area contributed by atoms with Gasteiger partial charge in [0, 0.05) is 24.4 Å². The number of nitrogens with zero attached hydrogens (tertiary/aromatic N) is 4. The van der Waals surface area contributed by atoms with Crippen molar-refractivity contribution in [1.29, 1.82) is 0 Å². The van der Waals surface area contributed by atoms with Crippen LogP contribution in [0.2, 0.25) is 0 Å². The zero-order valence-electron chi connectivity index (χ0n) is 12.3. The number of hydrogen-bond donors (Lipinski definition) is 1. The maximum atomic E-state index is 11.6. The first-order chi connectivity index (χ1) is 9.69. The van der Waals surface area contributed by atoms with Crippen molar-refractivity contribution < 1.29 is 8.42 Å². The molecule has 0 fully saturated rings. The molecule has 2 N–H and O–H groups in total. The molecule has 21 heavy (non-hydrogen) atoms. The molecule has 2 aromatic heterocycles. The summed E-state index contributed by atoms with van der Waals surface area (Å²) in [5.74, 6) is 0.593. The van der Waals surface area contributed by atoms with Gasteiger partial charge in [-0.3, -0.25) is 9.55 Å². The molecule has 0 aliphatic heterocycles. The van der Waals surface area contributed by atoms with Gasteiger partial charge in [0.05, 0.1) is 0 Å². The fraction of sp³-hybridized carbons (Fsp3) is 0.462. The number of aromatic nitrogens is 4. The predicted octanol–water partition coefficient (Wildman–Crippen LogP) is 0.861. The molecule has 0 bridgehead atoms. The molecule has 0 atom stereocenters. The van der Waals surface area contributed by atoms with E-state index in [1.165, 1.54) is 0 Å². The minimum atomic E-state index is -3.90. The zero-order valence-corrected chi connectivity index (χ0v) is 13.1. The Balaban J connectivity index is 2.34. The first-order valence-corrected chi connectivity index (χ1v) is 8.11. The second kappa shape index (κ2) is 5.53. The van der Waals surface area contributed by atoms with Crippen LogP contribution in [-0.4, -0.2) is 28.2 Å². The Kier molecular flexibility index (Phi) is 4.11. The van der Waals surface area contributed by atoms with Crippen LogP contribution < -0.4 is 5.14 Å². The lowest BCUT2D eigenvalue weighted by molar-refractivity contribution is 0.349. The smallest absolute Gasteiger partial charge is 0.273 e. The summed E-state index contributed by atoms with van der Waals surface area (Å²) < 4.78 is 24.8. The Morgan fingerprint density at radius 3 is 2.48 bits per heavy atom. The highest BCUT2D eigenvalue weighted by Gasteiger charge is 2.28. The van der Waals surface area contributed by atoms with Crippen LogP contribution >= 0.6 is 0 Å². The Bertz CT molecular complexity index is 717. The lowest BCUT2D eigenvalue weighted by atomic mass is 10.1. The van der Waals surface area contributed by atoms with Crippen molar-refractivity contribution in [3.8, 4) is 0 Å². The maximum absolute atomic E-state index is 11.6. The van der Waals surface area contributed by atoms with Gasteiger partial charge in [-0.05, 0) is 38.8 Å². The van der Waals surface area contributed by atoms with Gasteiger partial charge in [-0.1, -0.05) is 6.07 Å². The lowest BCUT2D eigenvalue weighted by Crippen LogP contribution is -2.30. The second-order valence-corrected chi connectivity index (χ2v) is 7.27. The van der Waals surface area contributed by atoms with Gasteiger partial charge < -0.3 is 0 Å². The standard InChI is InChI=1S/C13H19N5O2S/c1-13(2,3)18-11(16-17-12(18)21(14,19)20)7-6-10-5-4-8-15-9-10/h4-5,8-9H,6-7H2,1-3H3,(H2,14,19,20).